The predicted molar refractivity (Wildman–Crippen MR) is 164 cm³/mol. The summed E-state index contributed by atoms with van der Waals surface area (Å²) in [6, 6.07) is 27.7. The molecule has 0 aromatic heterocycles. The van der Waals surface area contributed by atoms with Gasteiger partial charge in [0.15, 0.2) is 0 Å². The number of rotatable bonds is 11. The van der Waals surface area contributed by atoms with E-state index in [1.807, 2.05) is 12.1 Å². The van der Waals surface area contributed by atoms with Crippen LogP contribution in [0.1, 0.15) is 47.9 Å². The fraction of sp³-hybridized carbons (Fsp3) is 0.471. The van der Waals surface area contributed by atoms with Gasteiger partial charge in [-0.15, -0.1) is 0 Å². The number of nitrogens with zero attached hydrogens (tertiary/aromatic N) is 2. The van der Waals surface area contributed by atoms with Crippen molar-refractivity contribution >= 4 is 10.1 Å². The van der Waals surface area contributed by atoms with Crippen LogP contribution >= 0.6 is 0 Å². The monoisotopic (exact) mass is 576 g/mol. The Morgan fingerprint density at radius 1 is 0.732 bits per heavy atom. The van der Waals surface area contributed by atoms with Crippen LogP contribution in [0.15, 0.2) is 78.9 Å². The Morgan fingerprint density at radius 3 is 2.10 bits per heavy atom. The Morgan fingerprint density at radius 2 is 1.37 bits per heavy atom. The van der Waals surface area contributed by atoms with E-state index in [4.69, 9.17) is 8.92 Å². The first kappa shape index (κ1) is 29.8. The van der Waals surface area contributed by atoms with Crippen molar-refractivity contribution in [3.63, 3.8) is 0 Å². The first-order chi connectivity index (χ1) is 19.8. The largest absolute Gasteiger partial charge is 0.497 e. The van der Waals surface area contributed by atoms with E-state index in [0.29, 0.717) is 24.8 Å². The third kappa shape index (κ3) is 9.14. The lowest BCUT2D eigenvalue weighted by Crippen LogP contribution is -2.45. The van der Waals surface area contributed by atoms with Gasteiger partial charge < -0.3 is 4.74 Å². The van der Waals surface area contributed by atoms with Crippen molar-refractivity contribution in [3.05, 3.63) is 101 Å². The van der Waals surface area contributed by atoms with E-state index >= 15 is 0 Å². The summed E-state index contributed by atoms with van der Waals surface area (Å²) in [6.07, 6.45) is 6.95. The topological polar surface area (TPSA) is 59.1 Å². The first-order valence-corrected chi connectivity index (χ1v) is 16.7. The minimum Gasteiger partial charge on any atom is -0.497 e. The molecule has 220 valence electrons. The van der Waals surface area contributed by atoms with Gasteiger partial charge in [0.1, 0.15) is 12.0 Å². The molecule has 2 heterocycles. The molecule has 2 aliphatic rings. The van der Waals surface area contributed by atoms with Gasteiger partial charge >= 0.3 is 0 Å². The predicted octanol–water partition coefficient (Wildman–Crippen LogP) is 5.91. The highest BCUT2D eigenvalue weighted by Gasteiger charge is 2.32. The van der Waals surface area contributed by atoms with Gasteiger partial charge in [-0.25, -0.2) is 0 Å². The number of likely N-dealkylation sites (tertiary alicyclic amines) is 2. The number of hydrogen-bond donors (Lipinski definition) is 0. The van der Waals surface area contributed by atoms with Crippen LogP contribution in [0.5, 0.6) is 5.75 Å². The number of benzene rings is 3. The number of methoxy groups -OCH3 is 1. The lowest BCUT2D eigenvalue weighted by atomic mass is 9.89. The lowest BCUT2D eigenvalue weighted by molar-refractivity contribution is -0.0243. The molecule has 2 unspecified atom stereocenters. The summed E-state index contributed by atoms with van der Waals surface area (Å²) >= 11 is 0. The molecule has 6 nitrogen and oxygen atoms in total. The van der Waals surface area contributed by atoms with Gasteiger partial charge in [-0.1, -0.05) is 66.7 Å². The summed E-state index contributed by atoms with van der Waals surface area (Å²) in [5.41, 5.74) is 5.17. The molecule has 0 radical (unpaired) electrons. The minimum absolute atomic E-state index is 0.401. The highest BCUT2D eigenvalue weighted by molar-refractivity contribution is 7.86. The lowest BCUT2D eigenvalue weighted by Gasteiger charge is -2.38. The quantitative estimate of drug-likeness (QED) is 0.265. The van der Waals surface area contributed by atoms with E-state index in [9.17, 15) is 8.42 Å². The van der Waals surface area contributed by atoms with Crippen LogP contribution in [-0.4, -0.2) is 57.4 Å². The van der Waals surface area contributed by atoms with Crippen molar-refractivity contribution < 1.29 is 17.3 Å². The Hall–Kier alpha value is -2.71. The van der Waals surface area contributed by atoms with Gasteiger partial charge in [-0.05, 0) is 97.8 Å². The van der Waals surface area contributed by atoms with Crippen LogP contribution < -0.4 is 4.74 Å². The maximum Gasteiger partial charge on any atom is 0.265 e. The molecule has 0 bridgehead atoms. The highest BCUT2D eigenvalue weighted by atomic mass is 32.2. The fourth-order valence-electron chi connectivity index (χ4n) is 6.46. The molecular weight excluding hydrogens is 532 g/mol. The second-order valence-corrected chi connectivity index (χ2v) is 13.5. The van der Waals surface area contributed by atoms with Crippen LogP contribution in [0.25, 0.3) is 0 Å². The van der Waals surface area contributed by atoms with Crippen molar-refractivity contribution in [1.29, 1.82) is 0 Å². The summed E-state index contributed by atoms with van der Waals surface area (Å²) in [5.74, 6) is 2.05. The Balaban J connectivity index is 1.15. The van der Waals surface area contributed by atoms with Crippen molar-refractivity contribution in [2.75, 3.05) is 33.0 Å². The molecule has 7 heteroatoms. The summed E-state index contributed by atoms with van der Waals surface area (Å²) < 4.78 is 35.3. The van der Waals surface area contributed by atoms with E-state index < -0.39 is 16.3 Å². The molecule has 41 heavy (non-hydrogen) atoms. The maximum absolute atomic E-state index is 12.1. The van der Waals surface area contributed by atoms with Gasteiger partial charge in [0, 0.05) is 19.6 Å². The molecular formula is C34H44N2O4S. The third-order valence-corrected chi connectivity index (χ3v) is 9.14. The fourth-order valence-corrected chi connectivity index (χ4v) is 7.06. The van der Waals surface area contributed by atoms with E-state index in [2.05, 4.69) is 76.5 Å². The molecule has 2 fully saturated rings. The van der Waals surface area contributed by atoms with E-state index in [1.165, 1.54) is 35.1 Å². The van der Waals surface area contributed by atoms with Crippen molar-refractivity contribution in [2.45, 2.75) is 57.8 Å². The molecule has 5 rings (SSSR count). The van der Waals surface area contributed by atoms with Crippen LogP contribution in [0, 0.1) is 11.8 Å². The third-order valence-electron chi connectivity index (χ3n) is 8.57. The van der Waals surface area contributed by atoms with Crippen LogP contribution in [0.4, 0.5) is 0 Å². The number of ether oxygens (including phenoxy) is 1. The van der Waals surface area contributed by atoms with Crippen molar-refractivity contribution in [1.82, 2.24) is 9.80 Å². The van der Waals surface area contributed by atoms with Crippen molar-refractivity contribution in [2.24, 2.45) is 11.8 Å². The molecule has 0 amide bonds. The second kappa shape index (κ2) is 14.0. The van der Waals surface area contributed by atoms with Crippen LogP contribution in [0.2, 0.25) is 0 Å². The molecule has 3 aromatic rings. The normalized spacial score (nSPS) is 21.1. The number of hydrogen-bond acceptors (Lipinski definition) is 6. The molecule has 2 atom stereocenters. The zero-order valence-electron chi connectivity index (χ0n) is 24.5. The molecule has 0 spiro atoms. The molecule has 3 aromatic carbocycles. The van der Waals surface area contributed by atoms with Gasteiger partial charge in [-0.2, -0.15) is 8.42 Å². The molecule has 2 saturated heterocycles. The van der Waals surface area contributed by atoms with Crippen molar-refractivity contribution in [3.8, 4) is 5.75 Å². The van der Waals surface area contributed by atoms with Gasteiger partial charge in [0.05, 0.1) is 13.4 Å². The van der Waals surface area contributed by atoms with E-state index in [0.717, 1.165) is 57.4 Å². The average Bonchev–Trinajstić information content (AvgIpc) is 2.96. The summed E-state index contributed by atoms with van der Waals surface area (Å²) in [6.45, 7) is 4.68. The highest BCUT2D eigenvalue weighted by Crippen LogP contribution is 2.30. The first-order valence-electron chi connectivity index (χ1n) is 14.9. The molecule has 0 N–H and O–H groups in total. The standard InChI is InChI=1S/C34H44N2O4S/c1-39-33-13-7-10-29(23-33)21-28-14-17-35(18-15-28)25-31-11-6-12-32(22-31)26-36-19-16-30(20-27-8-4-3-5-9-27)24-34(36)40-41(2,37)38/h3-13,22-23,28,30,34H,14-21,24-26H2,1-2H3. The zero-order valence-corrected chi connectivity index (χ0v) is 25.3. The van der Waals surface area contributed by atoms with Crippen LogP contribution in [0.3, 0.4) is 0 Å². The molecule has 2 aliphatic heterocycles. The van der Waals surface area contributed by atoms with Gasteiger partial charge in [0.2, 0.25) is 0 Å². The second-order valence-electron chi connectivity index (χ2n) is 11.9. The molecule has 0 saturated carbocycles. The maximum atomic E-state index is 12.1. The van der Waals surface area contributed by atoms with Crippen LogP contribution in [-0.2, 0) is 40.2 Å². The summed E-state index contributed by atoms with van der Waals surface area (Å²) in [5, 5.41) is 0. The Kier molecular flexibility index (Phi) is 10.1. The Labute approximate surface area is 246 Å². The number of piperidine rings is 2. The average molecular weight is 577 g/mol. The SMILES string of the molecule is COc1cccc(CC2CCN(Cc3cccc(CN4CCC(Cc5ccccc5)CC4OS(C)(=O)=O)c3)CC2)c1. The molecule has 0 aliphatic carbocycles. The van der Waals surface area contributed by atoms with Gasteiger partial charge in [-0.3, -0.25) is 14.0 Å². The van der Waals surface area contributed by atoms with E-state index in [-0.39, 0.29) is 0 Å². The zero-order chi connectivity index (χ0) is 28.7. The van der Waals surface area contributed by atoms with E-state index in [1.54, 1.807) is 7.11 Å². The van der Waals surface area contributed by atoms with Gasteiger partial charge in [0.25, 0.3) is 10.1 Å². The summed E-state index contributed by atoms with van der Waals surface area (Å²) in [4.78, 5) is 4.76. The Bertz CT molecular complexity index is 1360. The summed E-state index contributed by atoms with van der Waals surface area (Å²) in [7, 11) is -1.83. The smallest absolute Gasteiger partial charge is 0.265 e. The minimum atomic E-state index is -3.56.